The van der Waals surface area contributed by atoms with Crippen molar-refractivity contribution in [2.45, 2.75) is 70.8 Å². The highest BCUT2D eigenvalue weighted by atomic mass is 16.6. The number of aromatic nitrogens is 2. The summed E-state index contributed by atoms with van der Waals surface area (Å²) < 4.78 is 22.1. The fourth-order valence-electron chi connectivity index (χ4n) is 4.03. The monoisotopic (exact) mass is 486 g/mol. The lowest BCUT2D eigenvalue weighted by atomic mass is 10.1. The minimum atomic E-state index is -0.502. The Balaban J connectivity index is 1.23. The van der Waals surface area contributed by atoms with E-state index in [0.29, 0.717) is 43.6 Å². The Kier molecular flexibility index (Phi) is 8.02. The molecule has 1 aromatic carbocycles. The van der Waals surface area contributed by atoms with Crippen molar-refractivity contribution in [3.8, 4) is 11.5 Å². The van der Waals surface area contributed by atoms with Crippen molar-refractivity contribution < 1.29 is 28.3 Å². The van der Waals surface area contributed by atoms with Gasteiger partial charge in [0.1, 0.15) is 12.2 Å². The number of hydrogen-bond donors (Lipinski definition) is 1. The molecule has 1 N–H and O–H groups in total. The Bertz CT molecular complexity index is 986. The van der Waals surface area contributed by atoms with E-state index >= 15 is 0 Å². The molecule has 2 fully saturated rings. The van der Waals surface area contributed by atoms with E-state index in [1.165, 1.54) is 0 Å². The number of hydrogen-bond acceptors (Lipinski definition) is 8. The first kappa shape index (κ1) is 25.1. The number of amides is 2. The molecule has 2 amide bonds. The summed E-state index contributed by atoms with van der Waals surface area (Å²) in [5, 5.41) is 7.06. The number of ether oxygens (including phenoxy) is 3. The van der Waals surface area contributed by atoms with Gasteiger partial charge in [-0.2, -0.15) is 4.98 Å². The van der Waals surface area contributed by atoms with Crippen LogP contribution in [0.15, 0.2) is 28.8 Å². The summed E-state index contributed by atoms with van der Waals surface area (Å²) in [5.41, 5.74) is 0.816. The van der Waals surface area contributed by atoms with Crippen LogP contribution in [-0.4, -0.2) is 71.1 Å². The van der Waals surface area contributed by atoms with E-state index in [4.69, 9.17) is 18.7 Å². The van der Waals surface area contributed by atoms with Gasteiger partial charge in [0.25, 0.3) is 11.8 Å². The quantitative estimate of drug-likeness (QED) is 0.659. The van der Waals surface area contributed by atoms with Gasteiger partial charge in [-0.05, 0) is 70.7 Å². The van der Waals surface area contributed by atoms with Crippen molar-refractivity contribution in [3.05, 3.63) is 35.7 Å². The number of piperidine rings is 1. The second-order valence-corrected chi connectivity index (χ2v) is 9.93. The molecular weight excluding hydrogens is 452 g/mol. The topological polar surface area (TPSA) is 116 Å². The molecule has 2 aromatic rings. The lowest BCUT2D eigenvalue weighted by Gasteiger charge is -2.33. The molecule has 1 aromatic heterocycles. The second-order valence-electron chi connectivity index (χ2n) is 9.93. The summed E-state index contributed by atoms with van der Waals surface area (Å²) in [4.78, 5) is 30.8. The fourth-order valence-corrected chi connectivity index (χ4v) is 4.03. The second kappa shape index (κ2) is 11.2. The molecule has 4 rings (SSSR count). The highest BCUT2D eigenvalue weighted by Crippen LogP contribution is 2.21. The zero-order valence-electron chi connectivity index (χ0n) is 20.6. The molecule has 190 valence electrons. The summed E-state index contributed by atoms with van der Waals surface area (Å²) >= 11 is 0. The molecule has 0 spiro atoms. The molecule has 0 unspecified atom stereocenters. The molecular formula is C25H34N4O6. The first-order chi connectivity index (χ1) is 16.8. The zero-order chi connectivity index (χ0) is 24.8. The minimum absolute atomic E-state index is 0.0177. The number of rotatable bonds is 6. The Labute approximate surface area is 205 Å². The van der Waals surface area contributed by atoms with E-state index in [0.717, 1.165) is 31.2 Å². The van der Waals surface area contributed by atoms with Crippen LogP contribution in [-0.2, 0) is 20.8 Å². The number of carbonyl (C=O) groups is 2. The first-order valence-corrected chi connectivity index (χ1v) is 12.2. The average molecular weight is 487 g/mol. The minimum Gasteiger partial charge on any atom is -0.444 e. The van der Waals surface area contributed by atoms with Crippen LogP contribution in [0.2, 0.25) is 0 Å². The molecule has 2 saturated heterocycles. The fraction of sp³-hybridized carbons (Fsp3) is 0.600. The maximum atomic E-state index is 12.5. The SMILES string of the molecule is CC(C)(C)OC(=O)N1CCC(OCc2noc(-c3ccc(C(=O)NC4CCOCC4)cc3)n2)CC1. The van der Waals surface area contributed by atoms with Gasteiger partial charge in [-0.1, -0.05) is 5.16 Å². The number of nitrogens with one attached hydrogen (secondary N) is 1. The van der Waals surface area contributed by atoms with E-state index < -0.39 is 5.60 Å². The van der Waals surface area contributed by atoms with Crippen molar-refractivity contribution in [1.29, 1.82) is 0 Å². The van der Waals surface area contributed by atoms with Crippen LogP contribution in [0, 0.1) is 0 Å². The number of benzene rings is 1. The van der Waals surface area contributed by atoms with Crippen LogP contribution in [0.25, 0.3) is 11.5 Å². The highest BCUT2D eigenvalue weighted by Gasteiger charge is 2.27. The average Bonchev–Trinajstić information content (AvgIpc) is 3.32. The Hall–Kier alpha value is -2.98. The van der Waals surface area contributed by atoms with Gasteiger partial charge in [0.15, 0.2) is 5.82 Å². The van der Waals surface area contributed by atoms with E-state index in [2.05, 4.69) is 15.5 Å². The summed E-state index contributed by atoms with van der Waals surface area (Å²) in [5.74, 6) is 0.733. The van der Waals surface area contributed by atoms with E-state index in [-0.39, 0.29) is 30.8 Å². The van der Waals surface area contributed by atoms with Gasteiger partial charge < -0.3 is 29.0 Å². The van der Waals surface area contributed by atoms with Crippen LogP contribution in [0.1, 0.15) is 62.6 Å². The standard InChI is InChI=1S/C25H34N4O6/c1-25(2,3)34-24(31)29-12-8-20(9-13-29)33-16-21-27-23(35-28-21)18-6-4-17(5-7-18)22(30)26-19-10-14-32-15-11-19/h4-7,19-20H,8-16H2,1-3H3,(H,26,30). The molecule has 3 heterocycles. The molecule has 0 aliphatic carbocycles. The van der Waals surface area contributed by atoms with Gasteiger partial charge in [-0.15, -0.1) is 0 Å². The van der Waals surface area contributed by atoms with E-state index in [1.807, 2.05) is 20.8 Å². The summed E-state index contributed by atoms with van der Waals surface area (Å²) in [6, 6.07) is 7.25. The molecule has 0 saturated carbocycles. The van der Waals surface area contributed by atoms with Crippen LogP contribution >= 0.6 is 0 Å². The van der Waals surface area contributed by atoms with Gasteiger partial charge in [-0.25, -0.2) is 4.79 Å². The molecule has 10 nitrogen and oxygen atoms in total. The Morgan fingerprint density at radius 3 is 2.43 bits per heavy atom. The van der Waals surface area contributed by atoms with Gasteiger partial charge in [0.05, 0.1) is 6.10 Å². The van der Waals surface area contributed by atoms with Crippen LogP contribution in [0.5, 0.6) is 0 Å². The predicted molar refractivity (Wildman–Crippen MR) is 127 cm³/mol. The highest BCUT2D eigenvalue weighted by molar-refractivity contribution is 5.94. The molecule has 0 bridgehead atoms. The number of nitrogens with zero attached hydrogens (tertiary/aromatic N) is 3. The maximum Gasteiger partial charge on any atom is 0.410 e. The van der Waals surface area contributed by atoms with E-state index in [1.54, 1.807) is 29.2 Å². The lowest BCUT2D eigenvalue weighted by molar-refractivity contribution is -0.0190. The molecule has 0 atom stereocenters. The number of carbonyl (C=O) groups excluding carboxylic acids is 2. The molecule has 35 heavy (non-hydrogen) atoms. The van der Waals surface area contributed by atoms with Gasteiger partial charge in [0.2, 0.25) is 0 Å². The van der Waals surface area contributed by atoms with Gasteiger partial charge in [-0.3, -0.25) is 4.79 Å². The first-order valence-electron chi connectivity index (χ1n) is 12.2. The Morgan fingerprint density at radius 1 is 1.09 bits per heavy atom. The number of likely N-dealkylation sites (tertiary alicyclic amines) is 1. The van der Waals surface area contributed by atoms with Crippen molar-refractivity contribution >= 4 is 12.0 Å². The Morgan fingerprint density at radius 2 is 1.77 bits per heavy atom. The largest absolute Gasteiger partial charge is 0.444 e. The smallest absolute Gasteiger partial charge is 0.410 e. The van der Waals surface area contributed by atoms with Crippen LogP contribution in [0.3, 0.4) is 0 Å². The maximum absolute atomic E-state index is 12.5. The molecule has 0 radical (unpaired) electrons. The summed E-state index contributed by atoms with van der Waals surface area (Å²) in [6.07, 6.45) is 2.84. The van der Waals surface area contributed by atoms with Crippen molar-refractivity contribution in [2.24, 2.45) is 0 Å². The van der Waals surface area contributed by atoms with Crippen molar-refractivity contribution in [3.63, 3.8) is 0 Å². The van der Waals surface area contributed by atoms with E-state index in [9.17, 15) is 9.59 Å². The normalized spacial score (nSPS) is 17.9. The van der Waals surface area contributed by atoms with Crippen LogP contribution in [0.4, 0.5) is 4.79 Å². The third kappa shape index (κ3) is 7.25. The van der Waals surface area contributed by atoms with Gasteiger partial charge in [0, 0.05) is 43.5 Å². The zero-order valence-corrected chi connectivity index (χ0v) is 20.6. The molecule has 2 aliphatic heterocycles. The van der Waals surface area contributed by atoms with Crippen LogP contribution < -0.4 is 5.32 Å². The predicted octanol–water partition coefficient (Wildman–Crippen LogP) is 3.56. The van der Waals surface area contributed by atoms with Crippen molar-refractivity contribution in [1.82, 2.24) is 20.4 Å². The van der Waals surface area contributed by atoms with Crippen molar-refractivity contribution in [2.75, 3.05) is 26.3 Å². The third-order valence-electron chi connectivity index (χ3n) is 5.96. The molecule has 10 heteroatoms. The van der Waals surface area contributed by atoms with Gasteiger partial charge >= 0.3 is 6.09 Å². The third-order valence-corrected chi connectivity index (χ3v) is 5.96. The summed E-state index contributed by atoms with van der Waals surface area (Å²) in [7, 11) is 0. The lowest BCUT2D eigenvalue weighted by Crippen LogP contribution is -2.43. The molecule has 2 aliphatic rings. The summed E-state index contributed by atoms with van der Waals surface area (Å²) in [6.45, 7) is 8.35.